The Morgan fingerprint density at radius 1 is 1.04 bits per heavy atom. The lowest BCUT2D eigenvalue weighted by Crippen LogP contribution is -2.57. The van der Waals surface area contributed by atoms with Crippen LogP contribution in [0.1, 0.15) is 62.1 Å². The maximum atomic E-state index is 14.3. The third-order valence-electron chi connectivity index (χ3n) is 9.54. The first-order chi connectivity index (χ1) is 24.3. The fourth-order valence-corrected chi connectivity index (χ4v) is 8.09. The molecule has 1 aromatic heterocycles. The van der Waals surface area contributed by atoms with Crippen LogP contribution in [0.4, 0.5) is 4.79 Å². The molecule has 4 rings (SSSR count). The maximum absolute atomic E-state index is 14.3. The molecule has 2 aromatic carbocycles. The van der Waals surface area contributed by atoms with Crippen LogP contribution in [0.3, 0.4) is 0 Å². The van der Waals surface area contributed by atoms with Crippen molar-refractivity contribution in [3.05, 3.63) is 94.8 Å². The number of nitrogens with one attached hydrogen (secondary N) is 1. The Balaban J connectivity index is 1.60. The van der Waals surface area contributed by atoms with Crippen molar-refractivity contribution in [3.63, 3.8) is 0 Å². The van der Waals surface area contributed by atoms with Gasteiger partial charge in [-0.05, 0) is 72.6 Å². The van der Waals surface area contributed by atoms with Crippen molar-refractivity contribution < 1.29 is 28.3 Å². The molecule has 0 unspecified atom stereocenters. The number of rotatable bonds is 17. The van der Waals surface area contributed by atoms with E-state index in [2.05, 4.69) is 15.5 Å². The number of carbonyl (C=O) groups excluding carboxylic acids is 2. The van der Waals surface area contributed by atoms with Gasteiger partial charge in [0.05, 0.1) is 23.3 Å². The number of sulfonamides is 1. The summed E-state index contributed by atoms with van der Waals surface area (Å²) in [4.78, 5) is 36.0. The van der Waals surface area contributed by atoms with Gasteiger partial charge in [0.25, 0.3) is 0 Å². The van der Waals surface area contributed by atoms with E-state index >= 15 is 0 Å². The molecule has 1 fully saturated rings. The van der Waals surface area contributed by atoms with Crippen LogP contribution in [0.25, 0.3) is 0 Å². The van der Waals surface area contributed by atoms with Crippen molar-refractivity contribution in [1.29, 1.82) is 0 Å². The van der Waals surface area contributed by atoms with Gasteiger partial charge in [-0.3, -0.25) is 9.78 Å². The van der Waals surface area contributed by atoms with E-state index in [1.807, 2.05) is 77.9 Å². The second-order valence-electron chi connectivity index (χ2n) is 13.8. The maximum Gasteiger partial charge on any atom is 0.321 e. The van der Waals surface area contributed by atoms with Crippen LogP contribution in [0.2, 0.25) is 0 Å². The molecule has 13 heteroatoms. The smallest absolute Gasteiger partial charge is 0.321 e. The zero-order valence-corrected chi connectivity index (χ0v) is 31.3. The number of aromatic nitrogens is 1. The summed E-state index contributed by atoms with van der Waals surface area (Å²) in [6.45, 7) is 12.7. The van der Waals surface area contributed by atoms with Crippen molar-refractivity contribution in [2.75, 3.05) is 26.2 Å². The monoisotopic (exact) mass is 720 g/mol. The Morgan fingerprint density at radius 2 is 1.73 bits per heavy atom. The molecule has 0 spiro atoms. The number of hydrogen-bond donors (Lipinski definition) is 3. The average molecular weight is 721 g/mol. The molecule has 0 saturated carbocycles. The van der Waals surface area contributed by atoms with E-state index in [0.29, 0.717) is 31.6 Å². The minimum absolute atomic E-state index is 0.0275. The number of aryl methyl sites for hydroxylation is 2. The van der Waals surface area contributed by atoms with E-state index in [1.165, 1.54) is 34.8 Å². The zero-order chi connectivity index (χ0) is 37.3. The number of aliphatic hydroxyl groups is 1. The van der Waals surface area contributed by atoms with Crippen LogP contribution in [-0.4, -0.2) is 100 Å². The Morgan fingerprint density at radius 3 is 2.33 bits per heavy atom. The standard InChI is InChI=1S/C38H52N6O6S/c1-7-27(4)36(44-20-19-42(38(44)47)24-33-28(5)17-18-39-29(33)6)37(46)41-34(21-30-11-9-8-10-12-30)35(45)25-43(23-26(2)3)51(49,50)32-15-13-31(14-16-32)22-40-48/h8-18,22,26-27,34-36,45,48H,7,19-21,23-25H2,1-6H3,(H,41,46)/b40-22+/t27-,34-,35+,36-/m0/s1. The topological polar surface area (TPSA) is 156 Å². The van der Waals surface area contributed by atoms with Crippen LogP contribution in [0.5, 0.6) is 0 Å². The minimum atomic E-state index is -4.06. The fraction of sp³-hybridized carbons (Fsp3) is 0.474. The van der Waals surface area contributed by atoms with E-state index in [4.69, 9.17) is 5.21 Å². The highest BCUT2D eigenvalue weighted by Gasteiger charge is 2.41. The number of benzene rings is 2. The second kappa shape index (κ2) is 17.7. The van der Waals surface area contributed by atoms with Crippen molar-refractivity contribution in [2.24, 2.45) is 17.0 Å². The highest BCUT2D eigenvalue weighted by Crippen LogP contribution is 2.25. The number of nitrogens with zero attached hydrogens (tertiary/aromatic N) is 5. The zero-order valence-electron chi connectivity index (χ0n) is 30.4. The lowest BCUT2D eigenvalue weighted by atomic mass is 9.95. The van der Waals surface area contributed by atoms with Gasteiger partial charge in [0.2, 0.25) is 15.9 Å². The van der Waals surface area contributed by atoms with Gasteiger partial charge in [0.1, 0.15) is 6.04 Å². The molecular weight excluding hydrogens is 669 g/mol. The first kappa shape index (κ1) is 39.5. The summed E-state index contributed by atoms with van der Waals surface area (Å²) in [7, 11) is -4.06. The Hall–Kier alpha value is -4.33. The molecule has 3 amide bonds. The molecule has 3 aromatic rings. The van der Waals surface area contributed by atoms with Crippen LogP contribution in [0.15, 0.2) is 76.9 Å². The van der Waals surface area contributed by atoms with Gasteiger partial charge >= 0.3 is 6.03 Å². The summed E-state index contributed by atoms with van der Waals surface area (Å²) in [5, 5.41) is 26.7. The van der Waals surface area contributed by atoms with E-state index in [-0.39, 0.29) is 42.3 Å². The lowest BCUT2D eigenvalue weighted by molar-refractivity contribution is -0.128. The SMILES string of the molecule is CC[C@H](C)[C@@H](C(=O)N[C@@H](Cc1ccccc1)[C@H](O)CN(CC(C)C)S(=O)(=O)c1ccc(/C=N/O)cc1)N1CCN(Cc2c(C)ccnc2C)C1=O. The number of oxime groups is 1. The van der Waals surface area contributed by atoms with Gasteiger partial charge in [-0.1, -0.05) is 81.7 Å². The van der Waals surface area contributed by atoms with Crippen molar-refractivity contribution in [3.8, 4) is 0 Å². The summed E-state index contributed by atoms with van der Waals surface area (Å²) >= 11 is 0. The van der Waals surface area contributed by atoms with E-state index in [1.54, 1.807) is 16.0 Å². The second-order valence-corrected chi connectivity index (χ2v) is 15.8. The minimum Gasteiger partial charge on any atom is -0.411 e. The third-order valence-corrected chi connectivity index (χ3v) is 11.4. The Kier molecular flexibility index (Phi) is 13.7. The van der Waals surface area contributed by atoms with Gasteiger partial charge < -0.3 is 25.4 Å². The highest BCUT2D eigenvalue weighted by atomic mass is 32.2. The number of carbonyl (C=O) groups is 2. The molecule has 3 N–H and O–H groups in total. The van der Waals surface area contributed by atoms with Crippen LogP contribution in [-0.2, 0) is 27.8 Å². The van der Waals surface area contributed by atoms with E-state index in [9.17, 15) is 23.1 Å². The molecule has 12 nitrogen and oxygen atoms in total. The molecule has 4 atom stereocenters. The normalized spacial score (nSPS) is 16.2. The Labute approximate surface area is 302 Å². The number of aliphatic hydroxyl groups excluding tert-OH is 1. The van der Waals surface area contributed by atoms with Gasteiger partial charge in [-0.2, -0.15) is 4.31 Å². The molecule has 1 saturated heterocycles. The summed E-state index contributed by atoms with van der Waals surface area (Å²) < 4.78 is 29.1. The largest absolute Gasteiger partial charge is 0.411 e. The van der Waals surface area contributed by atoms with E-state index < -0.39 is 34.1 Å². The number of hydrogen-bond acceptors (Lipinski definition) is 8. The summed E-state index contributed by atoms with van der Waals surface area (Å²) in [5.74, 6) is -0.650. The van der Waals surface area contributed by atoms with Crippen molar-refractivity contribution >= 4 is 28.2 Å². The molecule has 0 radical (unpaired) electrons. The average Bonchev–Trinajstić information content (AvgIpc) is 3.45. The van der Waals surface area contributed by atoms with Crippen molar-refractivity contribution in [1.82, 2.24) is 24.4 Å². The molecule has 2 heterocycles. The summed E-state index contributed by atoms with van der Waals surface area (Å²) in [5.41, 5.74) is 4.27. The Bertz CT molecular complexity index is 1730. The lowest BCUT2D eigenvalue weighted by Gasteiger charge is -2.35. The first-order valence-corrected chi connectivity index (χ1v) is 19.0. The van der Waals surface area contributed by atoms with E-state index in [0.717, 1.165) is 22.4 Å². The quantitative estimate of drug-likeness (QED) is 0.105. The fourth-order valence-electron chi connectivity index (χ4n) is 6.47. The summed E-state index contributed by atoms with van der Waals surface area (Å²) in [6, 6.07) is 15.3. The first-order valence-electron chi connectivity index (χ1n) is 17.5. The molecule has 276 valence electrons. The van der Waals surface area contributed by atoms with Crippen LogP contribution >= 0.6 is 0 Å². The predicted octanol–water partition coefficient (Wildman–Crippen LogP) is 4.59. The molecule has 51 heavy (non-hydrogen) atoms. The molecule has 0 bridgehead atoms. The van der Waals surface area contributed by atoms with Gasteiger partial charge in [0.15, 0.2) is 0 Å². The number of pyridine rings is 1. The molecular formula is C38H52N6O6S. The number of amides is 3. The highest BCUT2D eigenvalue weighted by molar-refractivity contribution is 7.89. The third kappa shape index (κ3) is 9.93. The molecule has 1 aliphatic heterocycles. The van der Waals surface area contributed by atoms with Gasteiger partial charge in [-0.15, -0.1) is 0 Å². The van der Waals surface area contributed by atoms with Crippen molar-refractivity contribution in [2.45, 2.75) is 84.0 Å². The number of urea groups is 1. The van der Waals surface area contributed by atoms with Crippen LogP contribution < -0.4 is 5.32 Å². The van der Waals surface area contributed by atoms with Crippen LogP contribution in [0, 0.1) is 25.7 Å². The predicted molar refractivity (Wildman–Crippen MR) is 197 cm³/mol. The van der Waals surface area contributed by atoms with Gasteiger partial charge in [-0.25, -0.2) is 13.2 Å². The molecule has 1 aliphatic rings. The van der Waals surface area contributed by atoms with Gasteiger partial charge in [0, 0.05) is 44.6 Å². The summed E-state index contributed by atoms with van der Waals surface area (Å²) in [6.07, 6.45) is 2.54. The molecule has 0 aliphatic carbocycles.